The smallest absolute Gasteiger partial charge is 0.0539 e. The van der Waals surface area contributed by atoms with E-state index < -0.39 is 0 Å². The maximum Gasteiger partial charge on any atom is 0.0539 e. The largest absolute Gasteiger partial charge is 0.397 e. The molecule has 0 atom stereocenters. The molecule has 0 unspecified atom stereocenters. The number of aryl methyl sites for hydroxylation is 1. The second kappa shape index (κ2) is 6.20. The van der Waals surface area contributed by atoms with Crippen LogP contribution in [0.1, 0.15) is 50.7 Å². The van der Waals surface area contributed by atoms with Gasteiger partial charge in [-0.1, -0.05) is 32.6 Å². The van der Waals surface area contributed by atoms with Gasteiger partial charge in [-0.25, -0.2) is 0 Å². The lowest BCUT2D eigenvalue weighted by Crippen LogP contribution is -2.25. The van der Waals surface area contributed by atoms with Crippen LogP contribution in [0.25, 0.3) is 0 Å². The molecule has 0 saturated carbocycles. The van der Waals surface area contributed by atoms with Crippen molar-refractivity contribution in [2.45, 2.75) is 52.4 Å². The quantitative estimate of drug-likeness (QED) is 0.886. The molecule has 118 valence electrons. The van der Waals surface area contributed by atoms with E-state index in [1.807, 2.05) is 0 Å². The molecule has 0 bridgehead atoms. The fourth-order valence-corrected chi connectivity index (χ4v) is 3.68. The summed E-state index contributed by atoms with van der Waals surface area (Å²) in [5, 5.41) is 0. The summed E-state index contributed by atoms with van der Waals surface area (Å²) in [6.07, 6.45) is 6.88. The number of rotatable bonds is 3. The minimum atomic E-state index is 0.688. The zero-order chi connectivity index (χ0) is 15.7. The molecule has 2 heteroatoms. The first-order chi connectivity index (χ1) is 10.6. The first-order valence-electron chi connectivity index (χ1n) is 8.62. The van der Waals surface area contributed by atoms with Gasteiger partial charge in [0.05, 0.1) is 5.70 Å². The lowest BCUT2D eigenvalue weighted by Gasteiger charge is -2.27. The van der Waals surface area contributed by atoms with Gasteiger partial charge in [0, 0.05) is 17.9 Å². The van der Waals surface area contributed by atoms with Gasteiger partial charge in [-0.15, -0.1) is 0 Å². The highest BCUT2D eigenvalue weighted by Crippen LogP contribution is 2.37. The van der Waals surface area contributed by atoms with Crippen LogP contribution in [0.15, 0.2) is 41.7 Å². The Morgan fingerprint density at radius 2 is 2.00 bits per heavy atom. The van der Waals surface area contributed by atoms with Crippen molar-refractivity contribution in [3.05, 3.63) is 52.9 Å². The van der Waals surface area contributed by atoms with Gasteiger partial charge in [-0.05, 0) is 67.2 Å². The van der Waals surface area contributed by atoms with Crippen molar-refractivity contribution in [3.63, 3.8) is 0 Å². The second-order valence-electron chi connectivity index (χ2n) is 7.13. The van der Waals surface area contributed by atoms with E-state index in [2.05, 4.69) is 43.5 Å². The van der Waals surface area contributed by atoms with E-state index in [0.717, 1.165) is 37.1 Å². The van der Waals surface area contributed by atoms with Crippen LogP contribution in [-0.2, 0) is 12.8 Å². The Morgan fingerprint density at radius 3 is 2.68 bits per heavy atom. The van der Waals surface area contributed by atoms with E-state index in [-0.39, 0.29) is 0 Å². The maximum absolute atomic E-state index is 6.32. The van der Waals surface area contributed by atoms with E-state index in [1.165, 1.54) is 41.8 Å². The molecule has 0 spiro atoms. The van der Waals surface area contributed by atoms with Crippen LogP contribution in [0.5, 0.6) is 0 Å². The molecule has 1 aliphatic heterocycles. The van der Waals surface area contributed by atoms with E-state index >= 15 is 0 Å². The normalized spacial score (nSPS) is 18.9. The van der Waals surface area contributed by atoms with Crippen LogP contribution < -0.4 is 10.6 Å². The average Bonchev–Trinajstić information content (AvgIpc) is 2.70. The SMILES string of the molecule is C=C1CCC(N2CCCCc3ccc(CC(C)C)cc32)=C1N. The molecule has 0 amide bonds. The van der Waals surface area contributed by atoms with Crippen molar-refractivity contribution in [2.24, 2.45) is 11.7 Å². The Balaban J connectivity index is 2.01. The molecule has 3 rings (SSSR count). The van der Waals surface area contributed by atoms with Crippen LogP contribution in [0, 0.1) is 5.92 Å². The standard InChI is InChI=1S/C20H28N2/c1-14(2)12-16-8-9-17-6-4-5-11-22(19(17)13-16)18-10-7-15(3)20(18)21/h8-9,13-14H,3-7,10-12,21H2,1-2H3. The third kappa shape index (κ3) is 2.92. The molecular formula is C20H28N2. The number of fused-ring (bicyclic) bond motifs is 1. The first-order valence-corrected chi connectivity index (χ1v) is 8.62. The van der Waals surface area contributed by atoms with Gasteiger partial charge in [-0.3, -0.25) is 0 Å². The lowest BCUT2D eigenvalue weighted by atomic mass is 9.98. The van der Waals surface area contributed by atoms with Gasteiger partial charge < -0.3 is 10.6 Å². The Hall–Kier alpha value is -1.70. The first kappa shape index (κ1) is 15.2. The summed E-state index contributed by atoms with van der Waals surface area (Å²) >= 11 is 0. The Labute approximate surface area is 134 Å². The van der Waals surface area contributed by atoms with Crippen LogP contribution in [0.2, 0.25) is 0 Å². The minimum absolute atomic E-state index is 0.688. The van der Waals surface area contributed by atoms with Crippen molar-refractivity contribution in [2.75, 3.05) is 11.4 Å². The summed E-state index contributed by atoms with van der Waals surface area (Å²) in [6, 6.07) is 7.06. The molecule has 1 aromatic rings. The number of allylic oxidation sites excluding steroid dienone is 2. The van der Waals surface area contributed by atoms with Crippen LogP contribution >= 0.6 is 0 Å². The molecule has 2 aliphatic rings. The zero-order valence-corrected chi connectivity index (χ0v) is 14.0. The van der Waals surface area contributed by atoms with Gasteiger partial charge in [0.15, 0.2) is 0 Å². The molecule has 1 heterocycles. The Morgan fingerprint density at radius 1 is 1.18 bits per heavy atom. The van der Waals surface area contributed by atoms with Crippen LogP contribution in [0.3, 0.4) is 0 Å². The van der Waals surface area contributed by atoms with Crippen molar-refractivity contribution in [1.29, 1.82) is 0 Å². The number of hydrogen-bond donors (Lipinski definition) is 1. The van der Waals surface area contributed by atoms with E-state index in [4.69, 9.17) is 5.73 Å². The van der Waals surface area contributed by atoms with E-state index in [1.54, 1.807) is 0 Å². The molecule has 1 aromatic carbocycles. The van der Waals surface area contributed by atoms with Gasteiger partial charge in [0.2, 0.25) is 0 Å². The summed E-state index contributed by atoms with van der Waals surface area (Å²) in [6.45, 7) is 9.76. The number of nitrogens with two attached hydrogens (primary N) is 1. The zero-order valence-electron chi connectivity index (χ0n) is 14.0. The number of anilines is 1. The fraction of sp³-hybridized carbons (Fsp3) is 0.500. The van der Waals surface area contributed by atoms with E-state index in [9.17, 15) is 0 Å². The predicted octanol–water partition coefficient (Wildman–Crippen LogP) is 4.55. The summed E-state index contributed by atoms with van der Waals surface area (Å²) < 4.78 is 0. The summed E-state index contributed by atoms with van der Waals surface area (Å²) in [4.78, 5) is 2.49. The van der Waals surface area contributed by atoms with Crippen molar-refractivity contribution >= 4 is 5.69 Å². The van der Waals surface area contributed by atoms with Gasteiger partial charge in [0.25, 0.3) is 0 Å². The van der Waals surface area contributed by atoms with Crippen molar-refractivity contribution in [1.82, 2.24) is 0 Å². The molecule has 22 heavy (non-hydrogen) atoms. The maximum atomic E-state index is 6.32. The lowest BCUT2D eigenvalue weighted by molar-refractivity contribution is 0.647. The molecule has 0 radical (unpaired) electrons. The predicted molar refractivity (Wildman–Crippen MR) is 94.9 cm³/mol. The number of benzene rings is 1. The summed E-state index contributed by atoms with van der Waals surface area (Å²) in [5.41, 5.74) is 14.0. The van der Waals surface area contributed by atoms with Crippen molar-refractivity contribution < 1.29 is 0 Å². The third-order valence-electron chi connectivity index (χ3n) is 4.84. The van der Waals surface area contributed by atoms with Gasteiger partial charge in [0.1, 0.15) is 0 Å². The third-order valence-corrected chi connectivity index (χ3v) is 4.84. The van der Waals surface area contributed by atoms with Crippen molar-refractivity contribution in [3.8, 4) is 0 Å². The molecular weight excluding hydrogens is 268 g/mol. The molecule has 0 saturated heterocycles. The van der Waals surface area contributed by atoms with E-state index in [0.29, 0.717) is 5.92 Å². The summed E-state index contributed by atoms with van der Waals surface area (Å²) in [7, 11) is 0. The molecule has 2 nitrogen and oxygen atoms in total. The van der Waals surface area contributed by atoms with Crippen LogP contribution in [0.4, 0.5) is 5.69 Å². The Kier molecular flexibility index (Phi) is 4.28. The van der Waals surface area contributed by atoms with Gasteiger partial charge >= 0.3 is 0 Å². The average molecular weight is 296 g/mol. The minimum Gasteiger partial charge on any atom is -0.397 e. The highest BCUT2D eigenvalue weighted by molar-refractivity contribution is 5.62. The highest BCUT2D eigenvalue weighted by Gasteiger charge is 2.25. The highest BCUT2D eigenvalue weighted by atomic mass is 15.2. The fourth-order valence-electron chi connectivity index (χ4n) is 3.68. The number of hydrogen-bond acceptors (Lipinski definition) is 2. The molecule has 0 aromatic heterocycles. The second-order valence-corrected chi connectivity index (χ2v) is 7.13. The summed E-state index contributed by atoms with van der Waals surface area (Å²) in [5.74, 6) is 0.688. The van der Waals surface area contributed by atoms with Gasteiger partial charge in [-0.2, -0.15) is 0 Å². The molecule has 2 N–H and O–H groups in total. The Bertz CT molecular complexity index is 610. The topological polar surface area (TPSA) is 29.3 Å². The number of nitrogens with zero attached hydrogens (tertiary/aromatic N) is 1. The molecule has 0 fully saturated rings. The molecule has 1 aliphatic carbocycles. The monoisotopic (exact) mass is 296 g/mol. The van der Waals surface area contributed by atoms with Crippen LogP contribution in [-0.4, -0.2) is 6.54 Å².